The quantitative estimate of drug-likeness (QED) is 0.881. The normalized spacial score (nSPS) is 13.4. The SMILES string of the molecule is CCNC(CC(F)(F)F)c1ccc(OC)cc1Br. The molecule has 0 aliphatic rings. The van der Waals surface area contributed by atoms with Gasteiger partial charge in [0.05, 0.1) is 13.5 Å². The van der Waals surface area contributed by atoms with E-state index in [9.17, 15) is 13.2 Å². The van der Waals surface area contributed by atoms with Gasteiger partial charge in [0.1, 0.15) is 5.75 Å². The number of nitrogens with one attached hydrogen (secondary N) is 1. The minimum absolute atomic E-state index is 0.471. The molecule has 1 atom stereocenters. The summed E-state index contributed by atoms with van der Waals surface area (Å²) in [6.45, 7) is 2.25. The van der Waals surface area contributed by atoms with Crippen molar-refractivity contribution in [1.29, 1.82) is 0 Å². The Balaban J connectivity index is 2.98. The lowest BCUT2D eigenvalue weighted by Gasteiger charge is -2.21. The third kappa shape index (κ3) is 4.49. The highest BCUT2D eigenvalue weighted by Crippen LogP contribution is 2.34. The topological polar surface area (TPSA) is 21.3 Å². The molecule has 0 aliphatic carbocycles. The number of methoxy groups -OCH3 is 1. The van der Waals surface area contributed by atoms with Crippen molar-refractivity contribution in [2.45, 2.75) is 25.6 Å². The Morgan fingerprint density at radius 1 is 1.39 bits per heavy atom. The highest BCUT2D eigenvalue weighted by molar-refractivity contribution is 9.10. The van der Waals surface area contributed by atoms with Gasteiger partial charge in [-0.1, -0.05) is 28.9 Å². The summed E-state index contributed by atoms with van der Waals surface area (Å²) < 4.78 is 43.2. The molecule has 1 aromatic carbocycles. The molecule has 1 N–H and O–H groups in total. The van der Waals surface area contributed by atoms with E-state index in [1.54, 1.807) is 25.1 Å². The molecule has 0 saturated carbocycles. The summed E-state index contributed by atoms with van der Waals surface area (Å²) in [5.74, 6) is 0.605. The first-order valence-corrected chi connectivity index (χ1v) is 6.30. The Kier molecular flexibility index (Phi) is 5.47. The molecule has 1 aromatic rings. The van der Waals surface area contributed by atoms with Crippen LogP contribution in [0.25, 0.3) is 0 Å². The Bertz CT molecular complexity index is 395. The van der Waals surface area contributed by atoms with Crippen LogP contribution in [0, 0.1) is 0 Å². The zero-order valence-corrected chi connectivity index (χ0v) is 11.7. The van der Waals surface area contributed by atoms with E-state index >= 15 is 0 Å². The largest absolute Gasteiger partial charge is 0.497 e. The molecule has 1 unspecified atom stereocenters. The van der Waals surface area contributed by atoms with Gasteiger partial charge in [-0.2, -0.15) is 13.2 Å². The van der Waals surface area contributed by atoms with Crippen molar-refractivity contribution in [1.82, 2.24) is 5.32 Å². The van der Waals surface area contributed by atoms with Crippen LogP contribution in [0.5, 0.6) is 5.75 Å². The fourth-order valence-electron chi connectivity index (χ4n) is 1.69. The predicted octanol–water partition coefficient (Wildman–Crippen LogP) is 4.06. The lowest BCUT2D eigenvalue weighted by atomic mass is 10.0. The lowest BCUT2D eigenvalue weighted by molar-refractivity contribution is -0.140. The molecule has 0 heterocycles. The summed E-state index contributed by atoms with van der Waals surface area (Å²) in [5.41, 5.74) is 0.579. The summed E-state index contributed by atoms with van der Waals surface area (Å²) >= 11 is 3.28. The highest BCUT2D eigenvalue weighted by atomic mass is 79.9. The van der Waals surface area contributed by atoms with Gasteiger partial charge in [-0.25, -0.2) is 0 Å². The molecule has 0 aromatic heterocycles. The van der Waals surface area contributed by atoms with Crippen molar-refractivity contribution in [3.8, 4) is 5.75 Å². The number of benzene rings is 1. The standard InChI is InChI=1S/C12H15BrF3NO/c1-3-17-11(7-12(14,15)16)9-5-4-8(18-2)6-10(9)13/h4-6,11,17H,3,7H2,1-2H3. The third-order valence-electron chi connectivity index (χ3n) is 2.47. The lowest BCUT2D eigenvalue weighted by Crippen LogP contribution is -2.26. The molecule has 0 amide bonds. The molecular weight excluding hydrogens is 311 g/mol. The Labute approximate surface area is 113 Å². The van der Waals surface area contributed by atoms with Gasteiger partial charge in [-0.3, -0.25) is 0 Å². The van der Waals surface area contributed by atoms with E-state index < -0.39 is 18.6 Å². The van der Waals surface area contributed by atoms with Gasteiger partial charge in [0, 0.05) is 10.5 Å². The van der Waals surface area contributed by atoms with Crippen molar-refractivity contribution in [3.63, 3.8) is 0 Å². The van der Waals surface area contributed by atoms with Gasteiger partial charge in [-0.15, -0.1) is 0 Å². The van der Waals surface area contributed by atoms with Crippen LogP contribution in [-0.4, -0.2) is 19.8 Å². The average Bonchev–Trinajstić information content (AvgIpc) is 2.26. The second-order valence-electron chi connectivity index (χ2n) is 3.82. The van der Waals surface area contributed by atoms with Crippen molar-refractivity contribution in [3.05, 3.63) is 28.2 Å². The second kappa shape index (κ2) is 6.43. The predicted molar refractivity (Wildman–Crippen MR) is 67.8 cm³/mol. The Hall–Kier alpha value is -0.750. The van der Waals surface area contributed by atoms with E-state index in [0.717, 1.165) is 0 Å². The number of hydrogen-bond donors (Lipinski definition) is 1. The number of halogens is 4. The molecule has 0 bridgehead atoms. The van der Waals surface area contributed by atoms with Crippen LogP contribution in [0.1, 0.15) is 24.9 Å². The van der Waals surface area contributed by atoms with Gasteiger partial charge in [-0.05, 0) is 24.2 Å². The molecular formula is C12H15BrF3NO. The number of alkyl halides is 3. The van der Waals surface area contributed by atoms with Crippen molar-refractivity contribution >= 4 is 15.9 Å². The molecule has 18 heavy (non-hydrogen) atoms. The Morgan fingerprint density at radius 2 is 2.06 bits per heavy atom. The molecule has 102 valence electrons. The first kappa shape index (κ1) is 15.3. The molecule has 1 rings (SSSR count). The van der Waals surface area contributed by atoms with Crippen LogP contribution in [0.3, 0.4) is 0 Å². The maximum atomic E-state index is 12.5. The minimum atomic E-state index is -4.20. The van der Waals surface area contributed by atoms with Gasteiger partial charge < -0.3 is 10.1 Å². The van der Waals surface area contributed by atoms with Gasteiger partial charge in [0.2, 0.25) is 0 Å². The molecule has 6 heteroatoms. The Morgan fingerprint density at radius 3 is 2.50 bits per heavy atom. The molecule has 0 fully saturated rings. The van der Waals surface area contributed by atoms with Gasteiger partial charge in [0.15, 0.2) is 0 Å². The van der Waals surface area contributed by atoms with Crippen LogP contribution >= 0.6 is 15.9 Å². The number of ether oxygens (including phenoxy) is 1. The first-order chi connectivity index (χ1) is 8.37. The summed E-state index contributed by atoms with van der Waals surface area (Å²) in [4.78, 5) is 0. The van der Waals surface area contributed by atoms with E-state index in [0.29, 0.717) is 22.3 Å². The molecule has 2 nitrogen and oxygen atoms in total. The summed E-state index contributed by atoms with van der Waals surface area (Å²) in [5, 5.41) is 2.84. The highest BCUT2D eigenvalue weighted by Gasteiger charge is 2.33. The van der Waals surface area contributed by atoms with E-state index in [-0.39, 0.29) is 0 Å². The van der Waals surface area contributed by atoms with E-state index in [1.807, 2.05) is 0 Å². The maximum Gasteiger partial charge on any atom is 0.390 e. The van der Waals surface area contributed by atoms with Crippen molar-refractivity contribution < 1.29 is 17.9 Å². The average molecular weight is 326 g/mol. The zero-order valence-electron chi connectivity index (χ0n) is 10.1. The van der Waals surface area contributed by atoms with Gasteiger partial charge >= 0.3 is 6.18 Å². The maximum absolute atomic E-state index is 12.5. The fraction of sp³-hybridized carbons (Fsp3) is 0.500. The number of hydrogen-bond acceptors (Lipinski definition) is 2. The van der Waals surface area contributed by atoms with Crippen LogP contribution < -0.4 is 10.1 Å². The van der Waals surface area contributed by atoms with E-state index in [4.69, 9.17) is 4.74 Å². The zero-order chi connectivity index (χ0) is 13.8. The monoisotopic (exact) mass is 325 g/mol. The van der Waals surface area contributed by atoms with Crippen LogP contribution in [0.4, 0.5) is 13.2 Å². The fourth-order valence-corrected chi connectivity index (χ4v) is 2.32. The molecule has 0 saturated heterocycles. The van der Waals surface area contributed by atoms with Crippen LogP contribution in [-0.2, 0) is 0 Å². The molecule has 0 spiro atoms. The number of rotatable bonds is 5. The molecule has 0 radical (unpaired) electrons. The smallest absolute Gasteiger partial charge is 0.390 e. The summed E-state index contributed by atoms with van der Waals surface area (Å²) in [6, 6.07) is 4.20. The van der Waals surface area contributed by atoms with Crippen molar-refractivity contribution in [2.75, 3.05) is 13.7 Å². The van der Waals surface area contributed by atoms with Crippen LogP contribution in [0.2, 0.25) is 0 Å². The second-order valence-corrected chi connectivity index (χ2v) is 4.67. The molecule has 0 aliphatic heterocycles. The van der Waals surface area contributed by atoms with Crippen molar-refractivity contribution in [2.24, 2.45) is 0 Å². The third-order valence-corrected chi connectivity index (χ3v) is 3.16. The first-order valence-electron chi connectivity index (χ1n) is 5.51. The minimum Gasteiger partial charge on any atom is -0.497 e. The van der Waals surface area contributed by atoms with Crippen LogP contribution in [0.15, 0.2) is 22.7 Å². The summed E-state index contributed by atoms with van der Waals surface area (Å²) in [7, 11) is 1.51. The summed E-state index contributed by atoms with van der Waals surface area (Å²) in [6.07, 6.45) is -5.10. The van der Waals surface area contributed by atoms with E-state index in [2.05, 4.69) is 21.2 Å². The van der Waals surface area contributed by atoms with E-state index in [1.165, 1.54) is 7.11 Å². The van der Waals surface area contributed by atoms with Gasteiger partial charge in [0.25, 0.3) is 0 Å².